The standard InChI is InChI=1S/C11H13ClN4S2/c1-3-16(4-2)10-13-9(12)14-11(15-10)18-8-6-5-7-17-8/h5-7H,3-4H2,1-2H3. The van der Waals surface area contributed by atoms with E-state index in [0.29, 0.717) is 11.1 Å². The summed E-state index contributed by atoms with van der Waals surface area (Å²) < 4.78 is 1.14. The Balaban J connectivity index is 2.26. The predicted molar refractivity (Wildman–Crippen MR) is 76.8 cm³/mol. The van der Waals surface area contributed by atoms with Gasteiger partial charge in [0.2, 0.25) is 11.2 Å². The highest BCUT2D eigenvalue weighted by Crippen LogP contribution is 2.29. The van der Waals surface area contributed by atoms with Crippen LogP contribution in [0, 0.1) is 0 Å². The van der Waals surface area contributed by atoms with E-state index < -0.39 is 0 Å². The SMILES string of the molecule is CCN(CC)c1nc(Cl)nc(Sc2cccs2)n1. The van der Waals surface area contributed by atoms with Gasteiger partial charge in [-0.3, -0.25) is 0 Å². The molecule has 2 heterocycles. The summed E-state index contributed by atoms with van der Waals surface area (Å²) in [6.07, 6.45) is 0. The van der Waals surface area contributed by atoms with Crippen LogP contribution < -0.4 is 4.90 Å². The molecule has 4 nitrogen and oxygen atoms in total. The second kappa shape index (κ2) is 6.36. The Morgan fingerprint density at radius 2 is 2.06 bits per heavy atom. The molecule has 0 saturated carbocycles. The molecule has 0 aromatic carbocycles. The Kier molecular flexibility index (Phi) is 4.79. The van der Waals surface area contributed by atoms with Crippen LogP contribution in [0.3, 0.4) is 0 Å². The van der Waals surface area contributed by atoms with Gasteiger partial charge in [-0.15, -0.1) is 11.3 Å². The van der Waals surface area contributed by atoms with Gasteiger partial charge in [-0.2, -0.15) is 15.0 Å². The zero-order chi connectivity index (χ0) is 13.0. The molecule has 0 amide bonds. The minimum Gasteiger partial charge on any atom is -0.341 e. The highest BCUT2D eigenvalue weighted by atomic mass is 35.5. The van der Waals surface area contributed by atoms with Crippen molar-refractivity contribution < 1.29 is 0 Å². The van der Waals surface area contributed by atoms with Crippen molar-refractivity contribution in [2.45, 2.75) is 23.2 Å². The zero-order valence-electron chi connectivity index (χ0n) is 10.1. The molecule has 0 bridgehead atoms. The van der Waals surface area contributed by atoms with E-state index >= 15 is 0 Å². The minimum absolute atomic E-state index is 0.242. The molecule has 18 heavy (non-hydrogen) atoms. The molecule has 96 valence electrons. The minimum atomic E-state index is 0.242. The first-order chi connectivity index (χ1) is 8.72. The third kappa shape index (κ3) is 3.34. The van der Waals surface area contributed by atoms with Crippen molar-refractivity contribution >= 4 is 40.6 Å². The average molecular weight is 301 g/mol. The number of aromatic nitrogens is 3. The fourth-order valence-corrected chi connectivity index (χ4v) is 3.25. The van der Waals surface area contributed by atoms with E-state index in [1.807, 2.05) is 22.4 Å². The molecule has 2 aromatic heterocycles. The highest BCUT2D eigenvalue weighted by molar-refractivity contribution is 8.01. The summed E-state index contributed by atoms with van der Waals surface area (Å²) in [4.78, 5) is 14.8. The molecule has 0 fully saturated rings. The van der Waals surface area contributed by atoms with Gasteiger partial charge < -0.3 is 4.90 Å². The van der Waals surface area contributed by atoms with Crippen LogP contribution in [0.15, 0.2) is 26.9 Å². The lowest BCUT2D eigenvalue weighted by molar-refractivity contribution is 0.782. The molecule has 0 saturated heterocycles. The normalized spacial score (nSPS) is 10.6. The van der Waals surface area contributed by atoms with Crippen LogP contribution in [-0.2, 0) is 0 Å². The van der Waals surface area contributed by atoms with Crippen LogP contribution in [0.4, 0.5) is 5.95 Å². The molecule has 2 rings (SSSR count). The first-order valence-corrected chi connectivity index (χ1v) is 7.68. The summed E-state index contributed by atoms with van der Waals surface area (Å²) in [6, 6.07) is 4.03. The van der Waals surface area contributed by atoms with Crippen molar-refractivity contribution in [1.82, 2.24) is 15.0 Å². The van der Waals surface area contributed by atoms with Gasteiger partial charge in [0, 0.05) is 13.1 Å². The van der Waals surface area contributed by atoms with Crippen molar-refractivity contribution in [3.63, 3.8) is 0 Å². The molecule has 0 aliphatic carbocycles. The number of halogens is 1. The summed E-state index contributed by atoms with van der Waals surface area (Å²) in [5.74, 6) is 0.638. The fourth-order valence-electron chi connectivity index (χ4n) is 1.43. The largest absolute Gasteiger partial charge is 0.341 e. The molecule has 0 spiro atoms. The van der Waals surface area contributed by atoms with Crippen LogP contribution in [0.25, 0.3) is 0 Å². The van der Waals surface area contributed by atoms with Crippen molar-refractivity contribution in [2.75, 3.05) is 18.0 Å². The van der Waals surface area contributed by atoms with Gasteiger partial charge in [-0.25, -0.2) is 0 Å². The number of nitrogens with zero attached hydrogens (tertiary/aromatic N) is 4. The summed E-state index contributed by atoms with van der Waals surface area (Å²) in [5.41, 5.74) is 0. The van der Waals surface area contributed by atoms with Gasteiger partial charge in [0.05, 0.1) is 4.21 Å². The van der Waals surface area contributed by atoms with Crippen LogP contribution in [0.1, 0.15) is 13.8 Å². The predicted octanol–water partition coefficient (Wildman–Crippen LogP) is 3.58. The second-order valence-corrected chi connectivity index (χ2v) is 5.95. The summed E-state index contributed by atoms with van der Waals surface area (Å²) in [6.45, 7) is 5.82. The number of rotatable bonds is 5. The third-order valence-electron chi connectivity index (χ3n) is 2.31. The Morgan fingerprint density at radius 1 is 1.28 bits per heavy atom. The van der Waals surface area contributed by atoms with E-state index in [4.69, 9.17) is 11.6 Å². The first-order valence-electron chi connectivity index (χ1n) is 5.60. The van der Waals surface area contributed by atoms with Gasteiger partial charge in [-0.05, 0) is 48.7 Å². The van der Waals surface area contributed by atoms with Gasteiger partial charge in [0.1, 0.15) is 0 Å². The van der Waals surface area contributed by atoms with E-state index in [-0.39, 0.29) is 5.28 Å². The maximum atomic E-state index is 5.95. The van der Waals surface area contributed by atoms with E-state index in [0.717, 1.165) is 17.3 Å². The summed E-state index contributed by atoms with van der Waals surface area (Å²) in [5, 5.41) is 2.90. The molecule has 0 aliphatic heterocycles. The van der Waals surface area contributed by atoms with E-state index in [9.17, 15) is 0 Å². The average Bonchev–Trinajstić information content (AvgIpc) is 2.83. The van der Waals surface area contributed by atoms with Gasteiger partial charge in [0.15, 0.2) is 5.16 Å². The first kappa shape index (κ1) is 13.6. The molecule has 7 heteroatoms. The Morgan fingerprint density at radius 3 is 2.67 bits per heavy atom. The molecule has 0 aliphatic rings. The zero-order valence-corrected chi connectivity index (χ0v) is 12.5. The van der Waals surface area contributed by atoms with Gasteiger partial charge >= 0.3 is 0 Å². The second-order valence-electron chi connectivity index (χ2n) is 3.39. The van der Waals surface area contributed by atoms with Crippen molar-refractivity contribution in [1.29, 1.82) is 0 Å². The van der Waals surface area contributed by atoms with E-state index in [2.05, 4.69) is 28.8 Å². The lowest BCUT2D eigenvalue weighted by Gasteiger charge is -2.18. The lowest BCUT2D eigenvalue weighted by Crippen LogP contribution is -2.24. The monoisotopic (exact) mass is 300 g/mol. The molecular formula is C11H13ClN4S2. The molecule has 0 atom stereocenters. The summed E-state index contributed by atoms with van der Waals surface area (Å²) >= 11 is 9.11. The molecule has 2 aromatic rings. The Hall–Kier alpha value is -0.850. The quantitative estimate of drug-likeness (QED) is 0.844. The smallest absolute Gasteiger partial charge is 0.230 e. The van der Waals surface area contributed by atoms with Crippen molar-refractivity contribution in [3.05, 3.63) is 22.8 Å². The highest BCUT2D eigenvalue weighted by Gasteiger charge is 2.11. The molecule has 0 radical (unpaired) electrons. The number of hydrogen-bond acceptors (Lipinski definition) is 6. The maximum Gasteiger partial charge on any atom is 0.230 e. The summed E-state index contributed by atoms with van der Waals surface area (Å²) in [7, 11) is 0. The van der Waals surface area contributed by atoms with Crippen LogP contribution in [-0.4, -0.2) is 28.0 Å². The number of hydrogen-bond donors (Lipinski definition) is 0. The lowest BCUT2D eigenvalue weighted by atomic mass is 10.5. The third-order valence-corrected chi connectivity index (χ3v) is 4.38. The van der Waals surface area contributed by atoms with Crippen molar-refractivity contribution in [2.24, 2.45) is 0 Å². The topological polar surface area (TPSA) is 41.9 Å². The van der Waals surface area contributed by atoms with Crippen LogP contribution >= 0.6 is 34.7 Å². The van der Waals surface area contributed by atoms with Crippen molar-refractivity contribution in [3.8, 4) is 0 Å². The Bertz CT molecular complexity index is 500. The van der Waals surface area contributed by atoms with E-state index in [1.54, 1.807) is 11.3 Å². The van der Waals surface area contributed by atoms with Gasteiger partial charge in [0.25, 0.3) is 0 Å². The maximum absolute atomic E-state index is 5.95. The van der Waals surface area contributed by atoms with Crippen LogP contribution in [0.2, 0.25) is 5.28 Å². The number of thiophene rings is 1. The molecule has 0 unspecified atom stereocenters. The number of anilines is 1. The van der Waals surface area contributed by atoms with Gasteiger partial charge in [-0.1, -0.05) is 6.07 Å². The molecular weight excluding hydrogens is 288 g/mol. The Labute approximate surface area is 119 Å². The van der Waals surface area contributed by atoms with E-state index in [1.165, 1.54) is 11.8 Å². The molecule has 0 N–H and O–H groups in total. The fraction of sp³-hybridized carbons (Fsp3) is 0.364. The van der Waals surface area contributed by atoms with Crippen LogP contribution in [0.5, 0.6) is 0 Å².